The molecule has 1 aromatic rings. The third-order valence-corrected chi connectivity index (χ3v) is 1.95. The minimum atomic E-state index is -0.284. The van der Waals surface area contributed by atoms with E-state index in [0.29, 0.717) is 5.02 Å². The number of hydrogen-bond acceptors (Lipinski definition) is 2. The van der Waals surface area contributed by atoms with E-state index in [9.17, 15) is 4.79 Å². The second-order valence-electron chi connectivity index (χ2n) is 2.05. The number of carbonyl (C=O) groups excluding carboxylic acids is 1. The number of aromatic nitrogens is 1. The molecule has 1 aromatic heterocycles. The van der Waals surface area contributed by atoms with Crippen LogP contribution in [0.5, 0.6) is 0 Å². The Labute approximate surface area is 79.7 Å². The van der Waals surface area contributed by atoms with Crippen molar-refractivity contribution in [1.82, 2.24) is 10.3 Å². The van der Waals surface area contributed by atoms with Gasteiger partial charge in [0.15, 0.2) is 0 Å². The largest absolute Gasteiger partial charge is 0.354 e. The predicted octanol–water partition coefficient (Wildman–Crippen LogP) is 1.75. The Balaban J connectivity index is 3.05. The van der Waals surface area contributed by atoms with Crippen molar-refractivity contribution in [1.29, 1.82) is 0 Å². The summed E-state index contributed by atoms with van der Waals surface area (Å²) < 4.78 is 0. The van der Waals surface area contributed by atoms with E-state index in [0.717, 1.165) is 0 Å². The molecule has 5 heteroatoms. The molecule has 3 nitrogen and oxygen atoms in total. The van der Waals surface area contributed by atoms with Crippen LogP contribution in [-0.4, -0.2) is 17.9 Å². The maximum absolute atomic E-state index is 11.0. The van der Waals surface area contributed by atoms with Gasteiger partial charge in [-0.1, -0.05) is 23.2 Å². The minimum absolute atomic E-state index is 0.137. The molecule has 1 N–H and O–H groups in total. The molecule has 0 aliphatic rings. The summed E-state index contributed by atoms with van der Waals surface area (Å²) in [7, 11) is 1.52. The first-order chi connectivity index (χ1) is 5.65. The average molecular weight is 205 g/mol. The number of nitrogens with zero attached hydrogens (tertiary/aromatic N) is 1. The van der Waals surface area contributed by atoms with Gasteiger partial charge in [0.05, 0.1) is 5.02 Å². The van der Waals surface area contributed by atoms with E-state index < -0.39 is 0 Å². The van der Waals surface area contributed by atoms with Gasteiger partial charge in [-0.3, -0.25) is 4.79 Å². The van der Waals surface area contributed by atoms with Crippen LogP contribution in [0.2, 0.25) is 10.2 Å². The quantitative estimate of drug-likeness (QED) is 0.709. The summed E-state index contributed by atoms with van der Waals surface area (Å²) in [6, 6.07) is 3.04. The van der Waals surface area contributed by atoms with E-state index in [4.69, 9.17) is 23.2 Å². The van der Waals surface area contributed by atoms with E-state index in [2.05, 4.69) is 10.3 Å². The van der Waals surface area contributed by atoms with E-state index in [1.807, 2.05) is 0 Å². The summed E-state index contributed by atoms with van der Waals surface area (Å²) in [5.41, 5.74) is 0.256. The maximum atomic E-state index is 11.0. The number of amides is 1. The van der Waals surface area contributed by atoms with Crippen molar-refractivity contribution in [2.24, 2.45) is 0 Å². The second kappa shape index (κ2) is 3.74. The monoisotopic (exact) mass is 204 g/mol. The lowest BCUT2D eigenvalue weighted by molar-refractivity contribution is 0.0958. The number of hydrogen-bond donors (Lipinski definition) is 1. The van der Waals surface area contributed by atoms with Gasteiger partial charge in [-0.15, -0.1) is 0 Å². The van der Waals surface area contributed by atoms with Gasteiger partial charge >= 0.3 is 0 Å². The molecule has 0 saturated carbocycles. The van der Waals surface area contributed by atoms with Crippen molar-refractivity contribution < 1.29 is 4.79 Å². The maximum Gasteiger partial charge on any atom is 0.269 e. The van der Waals surface area contributed by atoms with Crippen LogP contribution in [0.25, 0.3) is 0 Å². The van der Waals surface area contributed by atoms with E-state index in [-0.39, 0.29) is 16.8 Å². The van der Waals surface area contributed by atoms with Crippen molar-refractivity contribution in [2.45, 2.75) is 0 Å². The molecule has 0 aromatic carbocycles. The van der Waals surface area contributed by atoms with Gasteiger partial charge in [0.25, 0.3) is 5.91 Å². The Morgan fingerprint density at radius 2 is 2.17 bits per heavy atom. The summed E-state index contributed by atoms with van der Waals surface area (Å²) in [5.74, 6) is -0.284. The van der Waals surface area contributed by atoms with Crippen molar-refractivity contribution in [3.8, 4) is 0 Å². The normalized spacial score (nSPS) is 9.58. The van der Waals surface area contributed by atoms with Crippen LogP contribution in [0, 0.1) is 0 Å². The van der Waals surface area contributed by atoms with Crippen LogP contribution in [0.15, 0.2) is 12.1 Å². The highest BCUT2D eigenvalue weighted by molar-refractivity contribution is 6.41. The number of rotatable bonds is 1. The first kappa shape index (κ1) is 9.29. The third kappa shape index (κ3) is 1.87. The molecule has 1 rings (SSSR count). The smallest absolute Gasteiger partial charge is 0.269 e. The lowest BCUT2D eigenvalue weighted by atomic mass is 10.3. The Morgan fingerprint density at radius 3 is 2.67 bits per heavy atom. The molecule has 0 bridgehead atoms. The predicted molar refractivity (Wildman–Crippen MR) is 47.6 cm³/mol. The lowest BCUT2D eigenvalue weighted by Gasteiger charge is -1.99. The fourth-order valence-electron chi connectivity index (χ4n) is 0.672. The zero-order chi connectivity index (χ0) is 9.14. The number of nitrogens with one attached hydrogen (secondary N) is 1. The van der Waals surface area contributed by atoms with Crippen LogP contribution >= 0.6 is 23.2 Å². The Hall–Kier alpha value is -0.800. The molecule has 1 amide bonds. The topological polar surface area (TPSA) is 42.0 Å². The molecule has 12 heavy (non-hydrogen) atoms. The van der Waals surface area contributed by atoms with Crippen LogP contribution < -0.4 is 5.32 Å². The Kier molecular flexibility index (Phi) is 2.89. The molecule has 0 fully saturated rings. The van der Waals surface area contributed by atoms with Gasteiger partial charge in [0.2, 0.25) is 0 Å². The minimum Gasteiger partial charge on any atom is -0.354 e. The van der Waals surface area contributed by atoms with Gasteiger partial charge in [0.1, 0.15) is 10.8 Å². The molecule has 0 aliphatic carbocycles. The summed E-state index contributed by atoms with van der Waals surface area (Å²) in [5, 5.41) is 2.90. The van der Waals surface area contributed by atoms with Crippen LogP contribution in [-0.2, 0) is 0 Å². The number of halogens is 2. The Morgan fingerprint density at radius 1 is 1.50 bits per heavy atom. The molecule has 0 unspecified atom stereocenters. The van der Waals surface area contributed by atoms with Crippen molar-refractivity contribution in [3.63, 3.8) is 0 Å². The summed E-state index contributed by atoms with van der Waals surface area (Å²) in [6.45, 7) is 0. The Bertz CT molecular complexity index is 314. The first-order valence-corrected chi connectivity index (χ1v) is 3.95. The molecular formula is C7H6Cl2N2O. The molecule has 0 saturated heterocycles. The standard InChI is InChI=1S/C7H6Cl2N2O/c1-10-7(12)5-3-2-4(8)6(9)11-5/h2-3H,1H3,(H,10,12). The molecular weight excluding hydrogens is 199 g/mol. The van der Waals surface area contributed by atoms with Crippen molar-refractivity contribution >= 4 is 29.1 Å². The van der Waals surface area contributed by atoms with E-state index in [1.165, 1.54) is 19.2 Å². The fraction of sp³-hybridized carbons (Fsp3) is 0.143. The molecule has 1 heterocycles. The SMILES string of the molecule is CNC(=O)c1ccc(Cl)c(Cl)n1. The molecule has 64 valence electrons. The van der Waals surface area contributed by atoms with Crippen molar-refractivity contribution in [2.75, 3.05) is 7.05 Å². The van der Waals surface area contributed by atoms with Gasteiger partial charge in [-0.2, -0.15) is 0 Å². The second-order valence-corrected chi connectivity index (χ2v) is 2.81. The number of carbonyl (C=O) groups is 1. The molecule has 0 atom stereocenters. The zero-order valence-electron chi connectivity index (χ0n) is 6.27. The summed E-state index contributed by atoms with van der Waals surface area (Å²) in [4.78, 5) is 14.8. The van der Waals surface area contributed by atoms with Gasteiger partial charge in [0, 0.05) is 7.05 Å². The van der Waals surface area contributed by atoms with Gasteiger partial charge in [-0.05, 0) is 12.1 Å². The first-order valence-electron chi connectivity index (χ1n) is 3.19. The highest BCUT2D eigenvalue weighted by atomic mass is 35.5. The van der Waals surface area contributed by atoms with E-state index >= 15 is 0 Å². The highest BCUT2D eigenvalue weighted by Gasteiger charge is 2.06. The summed E-state index contributed by atoms with van der Waals surface area (Å²) >= 11 is 11.2. The van der Waals surface area contributed by atoms with Crippen LogP contribution in [0.4, 0.5) is 0 Å². The molecule has 0 spiro atoms. The van der Waals surface area contributed by atoms with Crippen LogP contribution in [0.3, 0.4) is 0 Å². The number of pyridine rings is 1. The summed E-state index contributed by atoms with van der Waals surface area (Å²) in [6.07, 6.45) is 0. The lowest BCUT2D eigenvalue weighted by Crippen LogP contribution is -2.19. The highest BCUT2D eigenvalue weighted by Crippen LogP contribution is 2.18. The fourth-order valence-corrected chi connectivity index (χ4v) is 0.931. The van der Waals surface area contributed by atoms with Crippen molar-refractivity contribution in [3.05, 3.63) is 28.0 Å². The molecule has 0 aliphatic heterocycles. The van der Waals surface area contributed by atoms with Gasteiger partial charge < -0.3 is 5.32 Å². The molecule has 0 radical (unpaired) electrons. The third-order valence-electron chi connectivity index (χ3n) is 1.26. The van der Waals surface area contributed by atoms with E-state index in [1.54, 1.807) is 0 Å². The average Bonchev–Trinajstić information content (AvgIpc) is 2.08. The zero-order valence-corrected chi connectivity index (χ0v) is 7.78. The van der Waals surface area contributed by atoms with Crippen LogP contribution in [0.1, 0.15) is 10.5 Å². The van der Waals surface area contributed by atoms with Gasteiger partial charge in [-0.25, -0.2) is 4.98 Å².